The van der Waals surface area contributed by atoms with Gasteiger partial charge in [-0.3, -0.25) is 0 Å². The third-order valence-corrected chi connectivity index (χ3v) is 3.85. The molecule has 2 aliphatic rings. The Balaban J connectivity index is 1.66. The van der Waals surface area contributed by atoms with Crippen molar-refractivity contribution in [1.29, 1.82) is 0 Å². The molecule has 0 aromatic heterocycles. The summed E-state index contributed by atoms with van der Waals surface area (Å²) in [6, 6.07) is 0.220. The van der Waals surface area contributed by atoms with Crippen molar-refractivity contribution in [3.8, 4) is 0 Å². The van der Waals surface area contributed by atoms with Gasteiger partial charge in [-0.05, 0) is 44.6 Å². The number of hydrogen-bond donors (Lipinski definition) is 1. The minimum absolute atomic E-state index is 0.176. The molecule has 1 aliphatic heterocycles. The average Bonchev–Trinajstić information content (AvgIpc) is 2.37. The lowest BCUT2D eigenvalue weighted by Gasteiger charge is -2.31. The molecular weight excluding hydrogens is 243 g/mol. The molecule has 104 valence electrons. The van der Waals surface area contributed by atoms with Crippen LogP contribution < -0.4 is 5.32 Å². The molecule has 1 saturated carbocycles. The van der Waals surface area contributed by atoms with Crippen LogP contribution in [0.1, 0.15) is 38.5 Å². The minimum atomic E-state index is -4.01. The molecule has 0 spiro atoms. The number of allylic oxidation sites excluding steroid dienone is 1. The molecule has 0 aromatic rings. The SMILES string of the molecule is FC(F)(F)C1CCC(NCC2CCC=CO2)CC1. The highest BCUT2D eigenvalue weighted by atomic mass is 19.4. The average molecular weight is 263 g/mol. The second kappa shape index (κ2) is 5.95. The zero-order chi connectivity index (χ0) is 13.0. The van der Waals surface area contributed by atoms with Crippen LogP contribution in [-0.4, -0.2) is 24.9 Å². The number of rotatable bonds is 3. The van der Waals surface area contributed by atoms with Crippen LogP contribution in [-0.2, 0) is 4.74 Å². The molecule has 0 radical (unpaired) electrons. The van der Waals surface area contributed by atoms with Gasteiger partial charge < -0.3 is 10.1 Å². The first-order chi connectivity index (χ1) is 8.55. The lowest BCUT2D eigenvalue weighted by atomic mass is 9.85. The molecule has 0 aromatic carbocycles. The van der Waals surface area contributed by atoms with Crippen LogP contribution in [0.3, 0.4) is 0 Å². The summed E-state index contributed by atoms with van der Waals surface area (Å²) >= 11 is 0. The second-order valence-corrected chi connectivity index (χ2v) is 5.21. The first kappa shape index (κ1) is 13.7. The predicted octanol–water partition coefficient (Wildman–Crippen LogP) is 3.39. The highest BCUT2D eigenvalue weighted by molar-refractivity contribution is 4.85. The third-order valence-electron chi connectivity index (χ3n) is 3.85. The Morgan fingerprint density at radius 2 is 1.83 bits per heavy atom. The maximum atomic E-state index is 12.5. The summed E-state index contributed by atoms with van der Waals surface area (Å²) in [6.45, 7) is 0.742. The molecule has 1 unspecified atom stereocenters. The monoisotopic (exact) mass is 263 g/mol. The van der Waals surface area contributed by atoms with Gasteiger partial charge in [0, 0.05) is 12.6 Å². The van der Waals surface area contributed by atoms with Gasteiger partial charge in [0.2, 0.25) is 0 Å². The van der Waals surface area contributed by atoms with Crippen LogP contribution >= 0.6 is 0 Å². The highest BCUT2D eigenvalue weighted by Crippen LogP contribution is 2.37. The van der Waals surface area contributed by atoms with E-state index < -0.39 is 12.1 Å². The van der Waals surface area contributed by atoms with Crippen molar-refractivity contribution in [3.63, 3.8) is 0 Å². The Kier molecular flexibility index (Phi) is 4.54. The van der Waals surface area contributed by atoms with Gasteiger partial charge in [-0.2, -0.15) is 13.2 Å². The lowest BCUT2D eigenvalue weighted by Crippen LogP contribution is -2.40. The Bertz CT molecular complexity index is 282. The maximum Gasteiger partial charge on any atom is 0.391 e. The van der Waals surface area contributed by atoms with Crippen molar-refractivity contribution in [2.45, 2.75) is 56.8 Å². The first-order valence-electron chi connectivity index (χ1n) is 6.66. The predicted molar refractivity (Wildman–Crippen MR) is 63.1 cm³/mol. The van der Waals surface area contributed by atoms with E-state index in [0.717, 1.165) is 19.4 Å². The van der Waals surface area contributed by atoms with E-state index in [0.29, 0.717) is 12.8 Å². The fraction of sp³-hybridized carbons (Fsp3) is 0.846. The second-order valence-electron chi connectivity index (χ2n) is 5.21. The summed E-state index contributed by atoms with van der Waals surface area (Å²) in [5.41, 5.74) is 0. The van der Waals surface area contributed by atoms with Gasteiger partial charge in [0.05, 0.1) is 12.2 Å². The molecule has 0 saturated heterocycles. The number of halogens is 3. The molecule has 18 heavy (non-hydrogen) atoms. The van der Waals surface area contributed by atoms with E-state index in [9.17, 15) is 13.2 Å². The van der Waals surface area contributed by atoms with E-state index in [4.69, 9.17) is 4.74 Å². The summed E-state index contributed by atoms with van der Waals surface area (Å²) in [4.78, 5) is 0. The van der Waals surface area contributed by atoms with Crippen molar-refractivity contribution in [3.05, 3.63) is 12.3 Å². The van der Waals surface area contributed by atoms with Gasteiger partial charge >= 0.3 is 6.18 Å². The molecule has 1 aliphatic carbocycles. The summed E-state index contributed by atoms with van der Waals surface area (Å²) in [7, 11) is 0. The maximum absolute atomic E-state index is 12.5. The van der Waals surface area contributed by atoms with Crippen LogP contribution in [0.4, 0.5) is 13.2 Å². The molecule has 1 atom stereocenters. The van der Waals surface area contributed by atoms with Gasteiger partial charge in [0.15, 0.2) is 0 Å². The Labute approximate surface area is 106 Å². The van der Waals surface area contributed by atoms with Crippen LogP contribution in [0.15, 0.2) is 12.3 Å². The lowest BCUT2D eigenvalue weighted by molar-refractivity contribution is -0.182. The van der Waals surface area contributed by atoms with Crippen LogP contribution in [0, 0.1) is 5.92 Å². The largest absolute Gasteiger partial charge is 0.497 e. The molecule has 0 amide bonds. The fourth-order valence-electron chi connectivity index (χ4n) is 2.66. The van der Waals surface area contributed by atoms with E-state index in [2.05, 4.69) is 5.32 Å². The van der Waals surface area contributed by atoms with E-state index in [1.165, 1.54) is 0 Å². The smallest absolute Gasteiger partial charge is 0.391 e. The molecule has 5 heteroatoms. The topological polar surface area (TPSA) is 21.3 Å². The summed E-state index contributed by atoms with van der Waals surface area (Å²) in [6.07, 6.45) is 3.63. The quantitative estimate of drug-likeness (QED) is 0.842. The number of hydrogen-bond acceptors (Lipinski definition) is 2. The first-order valence-corrected chi connectivity index (χ1v) is 6.66. The fourth-order valence-corrected chi connectivity index (χ4v) is 2.66. The van der Waals surface area contributed by atoms with E-state index in [-0.39, 0.29) is 25.0 Å². The molecule has 1 N–H and O–H groups in total. The van der Waals surface area contributed by atoms with Crippen molar-refractivity contribution in [2.24, 2.45) is 5.92 Å². The van der Waals surface area contributed by atoms with E-state index in [1.54, 1.807) is 6.26 Å². The summed E-state index contributed by atoms with van der Waals surface area (Å²) < 4.78 is 42.9. The Hall–Kier alpha value is -0.710. The number of ether oxygens (including phenoxy) is 1. The summed E-state index contributed by atoms with van der Waals surface area (Å²) in [5, 5.41) is 3.34. The van der Waals surface area contributed by atoms with E-state index >= 15 is 0 Å². The van der Waals surface area contributed by atoms with Crippen LogP contribution in [0.2, 0.25) is 0 Å². The van der Waals surface area contributed by atoms with Crippen molar-refractivity contribution < 1.29 is 17.9 Å². The standard InChI is InChI=1S/C13H20F3NO/c14-13(15,16)10-4-6-11(7-5-10)17-9-12-3-1-2-8-18-12/h2,8,10-12,17H,1,3-7,9H2. The Morgan fingerprint density at radius 1 is 1.11 bits per heavy atom. The van der Waals surface area contributed by atoms with E-state index in [1.807, 2.05) is 6.08 Å². The zero-order valence-corrected chi connectivity index (χ0v) is 10.4. The van der Waals surface area contributed by atoms with Gasteiger partial charge in [-0.25, -0.2) is 0 Å². The molecule has 2 nitrogen and oxygen atoms in total. The molecule has 2 rings (SSSR count). The minimum Gasteiger partial charge on any atom is -0.497 e. The van der Waals surface area contributed by atoms with Crippen molar-refractivity contribution in [2.75, 3.05) is 6.54 Å². The number of nitrogens with one attached hydrogen (secondary N) is 1. The molecule has 1 heterocycles. The zero-order valence-electron chi connectivity index (χ0n) is 10.4. The third kappa shape index (κ3) is 3.90. The van der Waals surface area contributed by atoms with Crippen molar-refractivity contribution >= 4 is 0 Å². The summed E-state index contributed by atoms with van der Waals surface area (Å²) in [5.74, 6) is -1.09. The normalized spacial score (nSPS) is 33.2. The molecule has 0 bridgehead atoms. The van der Waals surface area contributed by atoms with Gasteiger partial charge in [0.1, 0.15) is 6.10 Å². The molecule has 1 fully saturated rings. The highest BCUT2D eigenvalue weighted by Gasteiger charge is 2.41. The van der Waals surface area contributed by atoms with Crippen molar-refractivity contribution in [1.82, 2.24) is 5.32 Å². The number of alkyl halides is 3. The van der Waals surface area contributed by atoms with Gasteiger partial charge in [-0.15, -0.1) is 0 Å². The van der Waals surface area contributed by atoms with Crippen LogP contribution in [0.5, 0.6) is 0 Å². The molecular formula is C13H20F3NO. The van der Waals surface area contributed by atoms with Gasteiger partial charge in [0.25, 0.3) is 0 Å². The Morgan fingerprint density at radius 3 is 2.39 bits per heavy atom. The van der Waals surface area contributed by atoms with Crippen LogP contribution in [0.25, 0.3) is 0 Å². The van der Waals surface area contributed by atoms with Gasteiger partial charge in [-0.1, -0.05) is 0 Å².